The van der Waals surface area contributed by atoms with Crippen molar-refractivity contribution in [3.05, 3.63) is 116 Å². The molecule has 2 rings (SSSR count). The highest BCUT2D eigenvalue weighted by atomic mass is 32.2. The van der Waals surface area contributed by atoms with Gasteiger partial charge in [0.05, 0.1) is 17.5 Å². The Balaban J connectivity index is 2.76. The van der Waals surface area contributed by atoms with Crippen LogP contribution in [0.1, 0.15) is 17.2 Å². The summed E-state index contributed by atoms with van der Waals surface area (Å²) in [5.74, 6) is 0. The first-order valence-corrected chi connectivity index (χ1v) is 11.1. The van der Waals surface area contributed by atoms with Gasteiger partial charge >= 0.3 is 0 Å². The normalized spacial score (nSPS) is 12.9. The number of ether oxygens (including phenoxy) is 1. The lowest BCUT2D eigenvalue weighted by Gasteiger charge is -2.41. The Kier molecular flexibility index (Phi) is 8.12. The van der Waals surface area contributed by atoms with Crippen LogP contribution >= 0.6 is 0 Å². The number of hydrogen-bond donors (Lipinski definition) is 0. The molecular weight excluding hydrogens is 394 g/mol. The van der Waals surface area contributed by atoms with Crippen LogP contribution in [0.2, 0.25) is 0 Å². The second-order valence-electron chi connectivity index (χ2n) is 6.85. The third-order valence-corrected chi connectivity index (χ3v) is 6.70. The van der Waals surface area contributed by atoms with Crippen molar-refractivity contribution in [2.75, 3.05) is 13.2 Å². The van der Waals surface area contributed by atoms with Crippen molar-refractivity contribution >= 4 is 10.0 Å². The molecule has 0 aliphatic carbocycles. The summed E-state index contributed by atoms with van der Waals surface area (Å²) in [5.41, 5.74) is 0.541. The second kappa shape index (κ2) is 10.3. The summed E-state index contributed by atoms with van der Waals surface area (Å²) >= 11 is 0. The standard InChI is InChI=1S/C25H29NO3S/c1-6-19-26(30(27,28)23-17-15-21(5)16-18-23)24(22-13-11-10-12-14-22)25(8-3,9-4)29-20-7-2/h6-18,24H,1-4,19-20H2,5H3/t24-/m0/s1. The molecular formula is C25H29NO3S. The summed E-state index contributed by atoms with van der Waals surface area (Å²) in [5, 5.41) is 0. The molecule has 0 radical (unpaired) electrons. The monoisotopic (exact) mass is 423 g/mol. The van der Waals surface area contributed by atoms with E-state index in [1.54, 1.807) is 48.6 Å². The average molecular weight is 424 g/mol. The van der Waals surface area contributed by atoms with Crippen molar-refractivity contribution in [1.82, 2.24) is 4.31 Å². The van der Waals surface area contributed by atoms with Crippen LogP contribution in [0.5, 0.6) is 0 Å². The molecule has 0 spiro atoms. The highest BCUT2D eigenvalue weighted by Crippen LogP contribution is 2.40. The van der Waals surface area contributed by atoms with Crippen LogP contribution in [-0.4, -0.2) is 31.5 Å². The minimum absolute atomic E-state index is 0.0800. The third kappa shape index (κ3) is 4.87. The van der Waals surface area contributed by atoms with Gasteiger partial charge < -0.3 is 4.74 Å². The number of aryl methyl sites for hydroxylation is 1. The van der Waals surface area contributed by atoms with E-state index in [2.05, 4.69) is 26.3 Å². The molecule has 0 bridgehead atoms. The summed E-state index contributed by atoms with van der Waals surface area (Å²) in [4.78, 5) is 0.196. The Hall–Kier alpha value is -2.73. The smallest absolute Gasteiger partial charge is 0.244 e. The van der Waals surface area contributed by atoms with Gasteiger partial charge in [-0.3, -0.25) is 0 Å². The van der Waals surface area contributed by atoms with Crippen LogP contribution in [-0.2, 0) is 14.8 Å². The van der Waals surface area contributed by atoms with Gasteiger partial charge in [0, 0.05) is 6.54 Å². The minimum Gasteiger partial charge on any atom is -0.361 e. The van der Waals surface area contributed by atoms with Crippen LogP contribution in [0.15, 0.2) is 110 Å². The summed E-state index contributed by atoms with van der Waals surface area (Å²) in [6.07, 6.45) is 6.34. The molecule has 2 aromatic carbocycles. The van der Waals surface area contributed by atoms with Gasteiger partial charge in [-0.25, -0.2) is 8.42 Å². The lowest BCUT2D eigenvalue weighted by Crippen LogP contribution is -2.48. The molecule has 30 heavy (non-hydrogen) atoms. The first kappa shape index (κ1) is 23.5. The number of rotatable bonds is 12. The molecule has 4 nitrogen and oxygen atoms in total. The molecule has 0 heterocycles. The maximum absolute atomic E-state index is 13.7. The van der Waals surface area contributed by atoms with Gasteiger partial charge in [0.25, 0.3) is 0 Å². The molecule has 0 aliphatic heterocycles. The summed E-state index contributed by atoms with van der Waals surface area (Å²) in [7, 11) is -3.90. The van der Waals surface area contributed by atoms with Gasteiger partial charge in [0.1, 0.15) is 5.60 Å². The van der Waals surface area contributed by atoms with Crippen molar-refractivity contribution in [3.63, 3.8) is 0 Å². The zero-order valence-electron chi connectivity index (χ0n) is 17.4. The van der Waals surface area contributed by atoms with Gasteiger partial charge in [-0.05, 0) is 24.6 Å². The zero-order valence-corrected chi connectivity index (χ0v) is 18.2. The fourth-order valence-electron chi connectivity index (χ4n) is 3.31. The lowest BCUT2D eigenvalue weighted by atomic mass is 9.88. The third-order valence-electron chi connectivity index (χ3n) is 4.86. The number of sulfonamides is 1. The van der Waals surface area contributed by atoms with Crippen LogP contribution in [0.25, 0.3) is 0 Å². The van der Waals surface area contributed by atoms with Gasteiger partial charge in [-0.2, -0.15) is 4.31 Å². The van der Waals surface area contributed by atoms with E-state index >= 15 is 0 Å². The van der Waals surface area contributed by atoms with E-state index in [9.17, 15) is 8.42 Å². The van der Waals surface area contributed by atoms with E-state index in [-0.39, 0.29) is 18.0 Å². The number of benzene rings is 2. The fourth-order valence-corrected chi connectivity index (χ4v) is 4.93. The molecule has 158 valence electrons. The molecule has 0 aromatic heterocycles. The molecule has 0 saturated carbocycles. The molecule has 5 heteroatoms. The van der Waals surface area contributed by atoms with Crippen molar-refractivity contribution in [1.29, 1.82) is 0 Å². The van der Waals surface area contributed by atoms with E-state index in [0.717, 1.165) is 11.1 Å². The van der Waals surface area contributed by atoms with E-state index in [0.29, 0.717) is 0 Å². The quantitative estimate of drug-likeness (QED) is 0.439. The van der Waals surface area contributed by atoms with Gasteiger partial charge in [0.2, 0.25) is 10.0 Å². The topological polar surface area (TPSA) is 46.6 Å². The summed E-state index contributed by atoms with van der Waals surface area (Å²) < 4.78 is 34.9. The maximum Gasteiger partial charge on any atom is 0.244 e. The fraction of sp³-hybridized carbons (Fsp3) is 0.200. The summed E-state index contributed by atoms with van der Waals surface area (Å²) in [6.45, 7) is 17.5. The van der Waals surface area contributed by atoms with Crippen LogP contribution in [0.3, 0.4) is 0 Å². The number of hydrogen-bond acceptors (Lipinski definition) is 3. The first-order chi connectivity index (χ1) is 14.4. The van der Waals surface area contributed by atoms with Gasteiger partial charge in [-0.15, -0.1) is 13.2 Å². The van der Waals surface area contributed by atoms with E-state index in [1.165, 1.54) is 4.31 Å². The SMILES string of the molecule is C=CCOC(C=C)(C=C)[C@H](c1ccccc1)N(CC=C)S(=O)(=O)c1ccc(C)cc1. The average Bonchev–Trinajstić information content (AvgIpc) is 2.76. The van der Waals surface area contributed by atoms with Crippen molar-refractivity contribution < 1.29 is 13.2 Å². The predicted octanol–water partition coefficient (Wildman–Crippen LogP) is 5.23. The minimum atomic E-state index is -3.90. The van der Waals surface area contributed by atoms with Gasteiger partial charge in [0.15, 0.2) is 0 Å². The Morgan fingerprint density at radius 1 is 0.967 bits per heavy atom. The van der Waals surface area contributed by atoms with E-state index in [4.69, 9.17) is 4.74 Å². The van der Waals surface area contributed by atoms with Crippen LogP contribution in [0.4, 0.5) is 0 Å². The number of nitrogens with zero attached hydrogens (tertiary/aromatic N) is 1. The molecule has 0 N–H and O–H groups in total. The Morgan fingerprint density at radius 3 is 2.07 bits per heavy atom. The highest BCUT2D eigenvalue weighted by molar-refractivity contribution is 7.89. The first-order valence-electron chi connectivity index (χ1n) is 9.62. The Morgan fingerprint density at radius 2 is 1.57 bits per heavy atom. The molecule has 0 saturated heterocycles. The zero-order chi connectivity index (χ0) is 22.2. The second-order valence-corrected chi connectivity index (χ2v) is 8.74. The van der Waals surface area contributed by atoms with E-state index in [1.807, 2.05) is 37.3 Å². The Labute approximate surface area is 180 Å². The van der Waals surface area contributed by atoms with Crippen LogP contribution < -0.4 is 0 Å². The summed E-state index contributed by atoms with van der Waals surface area (Å²) in [6, 6.07) is 15.3. The molecule has 0 unspecified atom stereocenters. The molecule has 0 aliphatic rings. The predicted molar refractivity (Wildman–Crippen MR) is 124 cm³/mol. The molecule has 2 aromatic rings. The lowest BCUT2D eigenvalue weighted by molar-refractivity contribution is -0.00379. The Bertz CT molecular complexity index is 971. The van der Waals surface area contributed by atoms with E-state index < -0.39 is 21.7 Å². The van der Waals surface area contributed by atoms with Crippen molar-refractivity contribution in [2.45, 2.75) is 23.5 Å². The maximum atomic E-state index is 13.7. The highest BCUT2D eigenvalue weighted by Gasteiger charge is 2.44. The largest absolute Gasteiger partial charge is 0.361 e. The van der Waals surface area contributed by atoms with Crippen molar-refractivity contribution in [2.24, 2.45) is 0 Å². The van der Waals surface area contributed by atoms with Crippen LogP contribution in [0, 0.1) is 6.92 Å². The van der Waals surface area contributed by atoms with Gasteiger partial charge in [-0.1, -0.05) is 85.5 Å². The molecule has 0 fully saturated rings. The van der Waals surface area contributed by atoms with Crippen molar-refractivity contribution in [3.8, 4) is 0 Å². The molecule has 1 atom stereocenters. The molecule has 0 amide bonds.